The summed E-state index contributed by atoms with van der Waals surface area (Å²) in [4.78, 5) is 17.8. The highest BCUT2D eigenvalue weighted by Gasteiger charge is 2.40. The van der Waals surface area contributed by atoms with E-state index in [-0.39, 0.29) is 6.10 Å². The van der Waals surface area contributed by atoms with E-state index in [9.17, 15) is 0 Å². The fourth-order valence-electron chi connectivity index (χ4n) is 3.37. The van der Waals surface area contributed by atoms with E-state index in [0.29, 0.717) is 6.04 Å². The van der Waals surface area contributed by atoms with Gasteiger partial charge >= 0.3 is 0 Å². The van der Waals surface area contributed by atoms with Crippen molar-refractivity contribution >= 4 is 5.82 Å². The monoisotopic (exact) mass is 300 g/mol. The van der Waals surface area contributed by atoms with Crippen molar-refractivity contribution in [2.24, 2.45) is 7.05 Å². The molecule has 2 aromatic rings. The first kappa shape index (κ1) is 13.7. The maximum absolute atomic E-state index is 5.97. The molecule has 2 saturated heterocycles. The van der Waals surface area contributed by atoms with E-state index < -0.39 is 0 Å². The molecule has 0 saturated carbocycles. The van der Waals surface area contributed by atoms with Crippen molar-refractivity contribution in [3.8, 4) is 0 Å². The Morgan fingerprint density at radius 1 is 1.23 bits per heavy atom. The molecule has 2 aliphatic rings. The average molecular weight is 300 g/mol. The first-order chi connectivity index (χ1) is 10.8. The minimum Gasteiger partial charge on any atom is -0.373 e. The highest BCUT2D eigenvalue weighted by Crippen LogP contribution is 2.27. The number of rotatable bonds is 3. The molecule has 22 heavy (non-hydrogen) atoms. The SMILES string of the molecule is Cn1ccnc1CN1C[C@@H]2OCCN(c3cnccn3)[C@@H]2C1. The summed E-state index contributed by atoms with van der Waals surface area (Å²) in [5, 5.41) is 0. The average Bonchev–Trinajstić information content (AvgIpc) is 3.14. The summed E-state index contributed by atoms with van der Waals surface area (Å²) in [6.07, 6.45) is 9.37. The second kappa shape index (κ2) is 5.66. The predicted molar refractivity (Wildman–Crippen MR) is 81.4 cm³/mol. The summed E-state index contributed by atoms with van der Waals surface area (Å²) >= 11 is 0. The number of aryl methyl sites for hydroxylation is 1. The van der Waals surface area contributed by atoms with Crippen molar-refractivity contribution in [2.45, 2.75) is 18.7 Å². The molecular weight excluding hydrogens is 280 g/mol. The van der Waals surface area contributed by atoms with Gasteiger partial charge in [-0.3, -0.25) is 9.88 Å². The van der Waals surface area contributed by atoms with Crippen LogP contribution in [0.2, 0.25) is 0 Å². The van der Waals surface area contributed by atoms with Crippen molar-refractivity contribution in [1.82, 2.24) is 24.4 Å². The van der Waals surface area contributed by atoms with Gasteiger partial charge in [-0.25, -0.2) is 9.97 Å². The Kier molecular flexibility index (Phi) is 3.51. The molecule has 7 heteroatoms. The molecule has 0 N–H and O–H groups in total. The van der Waals surface area contributed by atoms with E-state index >= 15 is 0 Å². The van der Waals surface area contributed by atoms with Crippen LogP contribution in [-0.4, -0.2) is 62.8 Å². The van der Waals surface area contributed by atoms with Crippen LogP contribution in [0.3, 0.4) is 0 Å². The van der Waals surface area contributed by atoms with E-state index in [1.165, 1.54) is 0 Å². The fraction of sp³-hybridized carbons (Fsp3) is 0.533. The standard InChI is InChI=1S/C15H20N6O/c1-19-5-4-18-15(19)11-20-9-12-13(10-20)22-7-6-21(12)14-8-16-2-3-17-14/h2-5,8,12-13H,6-7,9-11H2,1H3/t12-,13+/m1/s1. The lowest BCUT2D eigenvalue weighted by Crippen LogP contribution is -2.51. The molecule has 2 fully saturated rings. The van der Waals surface area contributed by atoms with Crippen LogP contribution in [0.4, 0.5) is 5.82 Å². The lowest BCUT2D eigenvalue weighted by atomic mass is 10.1. The number of aromatic nitrogens is 4. The van der Waals surface area contributed by atoms with Gasteiger partial charge in [0.2, 0.25) is 0 Å². The molecule has 0 unspecified atom stereocenters. The van der Waals surface area contributed by atoms with E-state index in [1.54, 1.807) is 12.4 Å². The Hall–Kier alpha value is -1.99. The van der Waals surface area contributed by atoms with E-state index in [2.05, 4.69) is 29.3 Å². The zero-order valence-electron chi connectivity index (χ0n) is 12.7. The number of anilines is 1. The summed E-state index contributed by atoms with van der Waals surface area (Å²) < 4.78 is 8.05. The van der Waals surface area contributed by atoms with Crippen LogP contribution in [0.1, 0.15) is 5.82 Å². The number of hydrogen-bond donors (Lipinski definition) is 0. The third-order valence-corrected chi connectivity index (χ3v) is 4.51. The smallest absolute Gasteiger partial charge is 0.147 e. The Morgan fingerprint density at radius 2 is 2.18 bits per heavy atom. The number of morpholine rings is 1. The summed E-state index contributed by atoms with van der Waals surface area (Å²) in [6, 6.07) is 0.339. The fourth-order valence-corrected chi connectivity index (χ4v) is 3.37. The molecule has 0 amide bonds. The molecule has 0 aromatic carbocycles. The molecule has 0 aliphatic carbocycles. The van der Waals surface area contributed by atoms with Gasteiger partial charge in [-0.1, -0.05) is 0 Å². The Balaban J connectivity index is 1.50. The van der Waals surface area contributed by atoms with Gasteiger partial charge in [-0.15, -0.1) is 0 Å². The maximum Gasteiger partial charge on any atom is 0.147 e. The molecule has 0 radical (unpaired) electrons. The number of likely N-dealkylation sites (tertiary alicyclic amines) is 1. The van der Waals surface area contributed by atoms with Crippen molar-refractivity contribution in [3.63, 3.8) is 0 Å². The lowest BCUT2D eigenvalue weighted by molar-refractivity contribution is 0.0302. The van der Waals surface area contributed by atoms with Crippen LogP contribution in [0.25, 0.3) is 0 Å². The maximum atomic E-state index is 5.97. The second-order valence-electron chi connectivity index (χ2n) is 5.88. The quantitative estimate of drug-likeness (QED) is 0.812. The Bertz CT molecular complexity index is 630. The zero-order chi connectivity index (χ0) is 14.9. The lowest BCUT2D eigenvalue weighted by Gasteiger charge is -2.37. The van der Waals surface area contributed by atoms with Crippen LogP contribution < -0.4 is 4.90 Å². The second-order valence-corrected chi connectivity index (χ2v) is 5.88. The van der Waals surface area contributed by atoms with Gasteiger partial charge in [0.15, 0.2) is 0 Å². The Labute approximate surface area is 129 Å². The van der Waals surface area contributed by atoms with E-state index in [0.717, 1.165) is 44.4 Å². The van der Waals surface area contributed by atoms with Crippen LogP contribution in [-0.2, 0) is 18.3 Å². The van der Waals surface area contributed by atoms with E-state index in [4.69, 9.17) is 4.74 Å². The molecule has 0 bridgehead atoms. The van der Waals surface area contributed by atoms with Gasteiger partial charge in [-0.05, 0) is 0 Å². The largest absolute Gasteiger partial charge is 0.373 e. The van der Waals surface area contributed by atoms with Gasteiger partial charge in [0.05, 0.1) is 31.5 Å². The van der Waals surface area contributed by atoms with Gasteiger partial charge < -0.3 is 14.2 Å². The molecule has 7 nitrogen and oxygen atoms in total. The predicted octanol–water partition coefficient (Wildman–Crippen LogP) is 0.300. The van der Waals surface area contributed by atoms with E-state index in [1.807, 2.05) is 25.6 Å². The summed E-state index contributed by atoms with van der Waals surface area (Å²) in [5.74, 6) is 2.03. The summed E-state index contributed by atoms with van der Waals surface area (Å²) in [6.45, 7) is 4.38. The zero-order valence-corrected chi connectivity index (χ0v) is 12.7. The van der Waals surface area contributed by atoms with Gasteiger partial charge in [0.25, 0.3) is 0 Å². The number of imidazole rings is 1. The van der Waals surface area contributed by atoms with Crippen molar-refractivity contribution in [3.05, 3.63) is 36.8 Å². The first-order valence-electron chi connectivity index (χ1n) is 7.64. The molecule has 4 heterocycles. The third-order valence-electron chi connectivity index (χ3n) is 4.51. The molecule has 2 atom stereocenters. The number of ether oxygens (including phenoxy) is 1. The van der Waals surface area contributed by atoms with Crippen LogP contribution in [0.5, 0.6) is 0 Å². The van der Waals surface area contributed by atoms with Crippen molar-refractivity contribution in [1.29, 1.82) is 0 Å². The van der Waals surface area contributed by atoms with Crippen LogP contribution in [0.15, 0.2) is 31.0 Å². The minimum absolute atomic E-state index is 0.232. The van der Waals surface area contributed by atoms with Crippen LogP contribution >= 0.6 is 0 Å². The van der Waals surface area contributed by atoms with Gasteiger partial charge in [0, 0.05) is 51.5 Å². The minimum atomic E-state index is 0.232. The number of nitrogens with zero attached hydrogens (tertiary/aromatic N) is 6. The normalized spacial score (nSPS) is 25.4. The molecule has 2 aliphatic heterocycles. The number of fused-ring (bicyclic) bond motifs is 1. The number of hydrogen-bond acceptors (Lipinski definition) is 6. The Morgan fingerprint density at radius 3 is 2.95 bits per heavy atom. The van der Waals surface area contributed by atoms with Gasteiger partial charge in [0.1, 0.15) is 11.6 Å². The van der Waals surface area contributed by atoms with Gasteiger partial charge in [-0.2, -0.15) is 0 Å². The molecule has 0 spiro atoms. The molecular formula is C15H20N6O. The summed E-state index contributed by atoms with van der Waals surface area (Å²) in [7, 11) is 2.04. The van der Waals surface area contributed by atoms with Crippen LogP contribution in [0, 0.1) is 0 Å². The third kappa shape index (κ3) is 2.46. The molecule has 2 aromatic heterocycles. The first-order valence-corrected chi connectivity index (χ1v) is 7.64. The van der Waals surface area contributed by atoms with Crippen molar-refractivity contribution in [2.75, 3.05) is 31.1 Å². The molecule has 116 valence electrons. The highest BCUT2D eigenvalue weighted by molar-refractivity contribution is 5.39. The molecule has 4 rings (SSSR count). The van der Waals surface area contributed by atoms with Crippen molar-refractivity contribution < 1.29 is 4.74 Å². The topological polar surface area (TPSA) is 59.3 Å². The highest BCUT2D eigenvalue weighted by atomic mass is 16.5. The summed E-state index contributed by atoms with van der Waals surface area (Å²) in [5.41, 5.74) is 0.